The van der Waals surface area contributed by atoms with Crippen molar-refractivity contribution in [3.05, 3.63) is 55.2 Å². The van der Waals surface area contributed by atoms with Crippen molar-refractivity contribution < 1.29 is 9.53 Å². The third-order valence-corrected chi connectivity index (χ3v) is 8.40. The van der Waals surface area contributed by atoms with E-state index in [9.17, 15) is 4.79 Å². The van der Waals surface area contributed by atoms with Gasteiger partial charge in [-0.05, 0) is 134 Å². The summed E-state index contributed by atoms with van der Waals surface area (Å²) in [6.45, 7) is 11.9. The zero-order chi connectivity index (χ0) is 27.9. The number of carbonyl (C=O) groups excluding carboxylic acids is 1. The Morgan fingerprint density at radius 3 is 2.08 bits per heavy atom. The summed E-state index contributed by atoms with van der Waals surface area (Å²) in [7, 11) is 0. The minimum Gasteiger partial charge on any atom is -0.444 e. The van der Waals surface area contributed by atoms with Gasteiger partial charge in [0.05, 0.1) is 34.2 Å². The molecule has 0 spiro atoms. The average Bonchev–Trinajstić information content (AvgIpc) is 3.62. The molecule has 1 amide bonds. The average molecular weight is 754 g/mol. The second-order valence-corrected chi connectivity index (χ2v) is 14.3. The summed E-state index contributed by atoms with van der Waals surface area (Å²) in [5.74, 6) is 3.11. The number of nitrogens with zero attached hydrogens (tertiary/aromatic N) is 3. The van der Waals surface area contributed by atoms with E-state index in [1.165, 1.54) is 9.99 Å². The SMILES string of the molecule is C[C@@H]1CN[C@H](c2nc3ccc(I)cc3[nH]2)C1.C[C@H]1C[C@@H](c2nc3ccc(I)cc3[nH]2)N(C(=O)OC(C)(C)C)C1. The topological polar surface area (TPSA) is 98.9 Å². The summed E-state index contributed by atoms with van der Waals surface area (Å²) in [4.78, 5) is 30.5. The van der Waals surface area contributed by atoms with E-state index < -0.39 is 5.60 Å². The number of aromatic amines is 2. The summed E-state index contributed by atoms with van der Waals surface area (Å²) >= 11 is 4.61. The number of benzene rings is 2. The molecular weight excluding hydrogens is 718 g/mol. The molecule has 2 fully saturated rings. The van der Waals surface area contributed by atoms with E-state index in [0.717, 1.165) is 56.2 Å². The van der Waals surface area contributed by atoms with Crippen molar-refractivity contribution in [1.82, 2.24) is 30.2 Å². The second-order valence-electron chi connectivity index (χ2n) is 11.9. The highest BCUT2D eigenvalue weighted by atomic mass is 127. The van der Waals surface area contributed by atoms with Crippen LogP contribution in [0.1, 0.15) is 71.2 Å². The van der Waals surface area contributed by atoms with Crippen LogP contribution >= 0.6 is 45.2 Å². The van der Waals surface area contributed by atoms with Crippen molar-refractivity contribution >= 4 is 73.3 Å². The lowest BCUT2D eigenvalue weighted by atomic mass is 10.1. The first-order valence-electron chi connectivity index (χ1n) is 13.5. The van der Waals surface area contributed by atoms with Crippen LogP contribution in [0.5, 0.6) is 0 Å². The molecule has 2 aromatic heterocycles. The largest absolute Gasteiger partial charge is 0.444 e. The van der Waals surface area contributed by atoms with E-state index in [4.69, 9.17) is 9.72 Å². The predicted octanol–water partition coefficient (Wildman–Crippen LogP) is 7.32. The molecule has 0 unspecified atom stereocenters. The van der Waals surface area contributed by atoms with E-state index in [1.54, 1.807) is 4.90 Å². The molecule has 0 saturated carbocycles. The van der Waals surface area contributed by atoms with Crippen LogP contribution in [0.4, 0.5) is 4.79 Å². The number of hydrogen-bond donors (Lipinski definition) is 3. The molecule has 2 aromatic carbocycles. The standard InChI is InChI=1S/C17H22IN3O2.C12H14IN3/c1-10-7-14(21(9-10)16(22)23-17(2,3)4)15-19-12-6-5-11(18)8-13(12)20-15;1-7-4-11(14-6-7)12-15-9-3-2-8(13)5-10(9)16-12/h5-6,8,10,14H,7,9H2,1-4H3,(H,19,20);2-3,5,7,11,14H,4,6H2,1H3,(H,15,16)/t10-,14-;7-,11-/m00/s1. The van der Waals surface area contributed by atoms with Gasteiger partial charge in [-0.3, -0.25) is 4.90 Å². The van der Waals surface area contributed by atoms with E-state index >= 15 is 0 Å². The number of ether oxygens (including phenoxy) is 1. The molecule has 0 aliphatic carbocycles. The van der Waals surface area contributed by atoms with Gasteiger partial charge in [0.2, 0.25) is 0 Å². The van der Waals surface area contributed by atoms with E-state index in [0.29, 0.717) is 18.5 Å². The number of carbonyl (C=O) groups is 1. The van der Waals surface area contributed by atoms with Crippen molar-refractivity contribution in [3.8, 4) is 0 Å². The quantitative estimate of drug-likeness (QED) is 0.187. The Labute approximate surface area is 256 Å². The fraction of sp³-hybridized carbons (Fsp3) is 0.483. The highest BCUT2D eigenvalue weighted by Crippen LogP contribution is 2.36. The van der Waals surface area contributed by atoms with Gasteiger partial charge < -0.3 is 20.0 Å². The van der Waals surface area contributed by atoms with Gasteiger partial charge >= 0.3 is 6.09 Å². The van der Waals surface area contributed by atoms with Crippen molar-refractivity contribution in [1.29, 1.82) is 0 Å². The first-order valence-corrected chi connectivity index (χ1v) is 15.6. The predicted molar refractivity (Wildman–Crippen MR) is 172 cm³/mol. The third-order valence-electron chi connectivity index (χ3n) is 7.06. The molecule has 4 heterocycles. The molecule has 0 radical (unpaired) electrons. The maximum absolute atomic E-state index is 12.5. The molecule has 208 valence electrons. The Balaban J connectivity index is 0.000000168. The number of hydrogen-bond acceptors (Lipinski definition) is 5. The zero-order valence-corrected chi connectivity index (χ0v) is 27.3. The number of aromatic nitrogens is 4. The number of likely N-dealkylation sites (tertiary alicyclic amines) is 1. The van der Waals surface area contributed by atoms with Crippen molar-refractivity contribution in [2.24, 2.45) is 11.8 Å². The number of imidazole rings is 2. The van der Waals surface area contributed by atoms with Crippen molar-refractivity contribution in [2.45, 2.75) is 65.1 Å². The van der Waals surface area contributed by atoms with Gasteiger partial charge in [-0.25, -0.2) is 14.8 Å². The van der Waals surface area contributed by atoms with Crippen LogP contribution in [0.2, 0.25) is 0 Å². The van der Waals surface area contributed by atoms with Gasteiger partial charge in [0.25, 0.3) is 0 Å². The highest BCUT2D eigenvalue weighted by Gasteiger charge is 2.38. The molecule has 4 aromatic rings. The van der Waals surface area contributed by atoms with E-state index in [-0.39, 0.29) is 12.1 Å². The van der Waals surface area contributed by atoms with Gasteiger partial charge in [0, 0.05) is 13.7 Å². The van der Waals surface area contributed by atoms with Crippen LogP contribution in [-0.4, -0.2) is 49.6 Å². The highest BCUT2D eigenvalue weighted by molar-refractivity contribution is 14.1. The smallest absolute Gasteiger partial charge is 0.410 e. The molecule has 2 saturated heterocycles. The molecule has 2 aliphatic rings. The molecule has 39 heavy (non-hydrogen) atoms. The normalized spacial score (nSPS) is 23.3. The lowest BCUT2D eigenvalue weighted by Crippen LogP contribution is -2.37. The van der Waals surface area contributed by atoms with Crippen LogP contribution in [0.25, 0.3) is 22.1 Å². The minimum atomic E-state index is -0.489. The molecule has 3 N–H and O–H groups in total. The number of nitrogens with one attached hydrogen (secondary N) is 3. The molecule has 8 nitrogen and oxygen atoms in total. The van der Waals surface area contributed by atoms with Crippen LogP contribution in [0.3, 0.4) is 0 Å². The van der Waals surface area contributed by atoms with Gasteiger partial charge in [-0.2, -0.15) is 0 Å². The van der Waals surface area contributed by atoms with Gasteiger partial charge in [0.1, 0.15) is 17.2 Å². The van der Waals surface area contributed by atoms with Gasteiger partial charge in [0.15, 0.2) is 0 Å². The zero-order valence-electron chi connectivity index (χ0n) is 23.0. The third kappa shape index (κ3) is 6.87. The molecule has 4 atom stereocenters. The number of H-pyrrole nitrogens is 2. The molecular formula is C29H36I2N6O2. The maximum Gasteiger partial charge on any atom is 0.410 e. The van der Waals surface area contributed by atoms with Crippen LogP contribution < -0.4 is 5.32 Å². The number of rotatable bonds is 2. The summed E-state index contributed by atoms with van der Waals surface area (Å²) in [5.41, 5.74) is 3.66. The number of amides is 1. The van der Waals surface area contributed by atoms with Crippen LogP contribution in [0, 0.1) is 19.0 Å². The lowest BCUT2D eigenvalue weighted by molar-refractivity contribution is 0.0215. The first-order chi connectivity index (χ1) is 18.4. The Hall–Kier alpha value is -1.93. The Morgan fingerprint density at radius 1 is 0.923 bits per heavy atom. The fourth-order valence-corrected chi connectivity index (χ4v) is 6.26. The van der Waals surface area contributed by atoms with Gasteiger partial charge in [-0.15, -0.1) is 0 Å². The summed E-state index contributed by atoms with van der Waals surface area (Å²) in [6.07, 6.45) is 1.81. The lowest BCUT2D eigenvalue weighted by Gasteiger charge is -2.27. The fourth-order valence-electron chi connectivity index (χ4n) is 5.27. The summed E-state index contributed by atoms with van der Waals surface area (Å²) < 4.78 is 7.96. The second kappa shape index (κ2) is 11.5. The van der Waals surface area contributed by atoms with Crippen molar-refractivity contribution in [2.75, 3.05) is 13.1 Å². The van der Waals surface area contributed by atoms with E-state index in [2.05, 4.69) is 104 Å². The minimum absolute atomic E-state index is 0.0510. The van der Waals surface area contributed by atoms with Crippen LogP contribution in [-0.2, 0) is 4.74 Å². The summed E-state index contributed by atoms with van der Waals surface area (Å²) in [6, 6.07) is 12.8. The monoisotopic (exact) mass is 754 g/mol. The first kappa shape index (κ1) is 28.6. The molecule has 10 heteroatoms. The molecule has 2 aliphatic heterocycles. The maximum atomic E-state index is 12.5. The van der Waals surface area contributed by atoms with Gasteiger partial charge in [-0.1, -0.05) is 13.8 Å². The van der Waals surface area contributed by atoms with E-state index in [1.807, 2.05) is 32.9 Å². The number of halogens is 2. The molecule has 0 bridgehead atoms. The number of fused-ring (bicyclic) bond motifs is 2. The summed E-state index contributed by atoms with van der Waals surface area (Å²) in [5, 5.41) is 3.50. The van der Waals surface area contributed by atoms with Crippen molar-refractivity contribution in [3.63, 3.8) is 0 Å². The Morgan fingerprint density at radius 2 is 1.51 bits per heavy atom. The molecule has 6 rings (SSSR count). The Kier molecular flexibility index (Phi) is 8.44. The Bertz CT molecular complexity index is 1480. The van der Waals surface area contributed by atoms with Crippen LogP contribution in [0.15, 0.2) is 36.4 Å².